The zero-order valence-corrected chi connectivity index (χ0v) is 9.03. The molecule has 2 amide bonds. The summed E-state index contributed by atoms with van der Waals surface area (Å²) in [6.45, 7) is 0. The van der Waals surface area contributed by atoms with Crippen LogP contribution < -0.4 is 10.6 Å². The lowest BCUT2D eigenvalue weighted by Gasteiger charge is -2.12. The lowest BCUT2D eigenvalue weighted by Crippen LogP contribution is -2.44. The molecule has 0 aromatic carbocycles. The molecule has 0 fully saturated rings. The predicted molar refractivity (Wildman–Crippen MR) is 57.9 cm³/mol. The summed E-state index contributed by atoms with van der Waals surface area (Å²) in [7, 11) is 0. The molecule has 1 heterocycles. The standard InChI is InChI=1S/C9H10N4O5/c14-7(15)1-6(8(16)17)13-9(18)12-5-2-10-4-11-3-5/h2-4,6H,1H2,(H,14,15)(H,16,17)(H2,12,13,18)/t6-/m0/s1. The van der Waals surface area contributed by atoms with Gasteiger partial charge in [-0.3, -0.25) is 4.79 Å². The fourth-order valence-electron chi connectivity index (χ4n) is 1.06. The van der Waals surface area contributed by atoms with Crippen molar-refractivity contribution < 1.29 is 24.6 Å². The third-order valence-electron chi connectivity index (χ3n) is 1.80. The second-order valence-corrected chi connectivity index (χ2v) is 3.21. The number of carbonyl (C=O) groups is 3. The summed E-state index contributed by atoms with van der Waals surface area (Å²) in [5.74, 6) is -2.76. The molecule has 0 unspecified atom stereocenters. The molecule has 4 N–H and O–H groups in total. The van der Waals surface area contributed by atoms with Gasteiger partial charge in [0.1, 0.15) is 12.4 Å². The number of amides is 2. The van der Waals surface area contributed by atoms with E-state index in [1.54, 1.807) is 0 Å². The summed E-state index contributed by atoms with van der Waals surface area (Å²) in [5.41, 5.74) is 0.259. The van der Waals surface area contributed by atoms with E-state index in [-0.39, 0.29) is 5.69 Å². The van der Waals surface area contributed by atoms with Crippen LogP contribution in [0.15, 0.2) is 18.7 Å². The highest BCUT2D eigenvalue weighted by Crippen LogP contribution is 2.00. The van der Waals surface area contributed by atoms with Gasteiger partial charge in [-0.2, -0.15) is 0 Å². The number of carboxylic acids is 2. The fraction of sp³-hybridized carbons (Fsp3) is 0.222. The number of carboxylic acid groups (broad SMARTS) is 2. The second-order valence-electron chi connectivity index (χ2n) is 3.21. The van der Waals surface area contributed by atoms with Crippen LogP contribution >= 0.6 is 0 Å². The van der Waals surface area contributed by atoms with Gasteiger partial charge in [0.05, 0.1) is 24.5 Å². The molecule has 9 heteroatoms. The molecule has 1 aromatic rings. The predicted octanol–water partition coefficient (Wildman–Crippen LogP) is -0.474. The number of nitrogens with zero attached hydrogens (tertiary/aromatic N) is 2. The van der Waals surface area contributed by atoms with Crippen molar-refractivity contribution in [1.82, 2.24) is 15.3 Å². The quantitative estimate of drug-likeness (QED) is 0.556. The van der Waals surface area contributed by atoms with Gasteiger partial charge in [0.2, 0.25) is 0 Å². The minimum Gasteiger partial charge on any atom is -0.481 e. The van der Waals surface area contributed by atoms with Crippen molar-refractivity contribution in [3.05, 3.63) is 18.7 Å². The Morgan fingerprint density at radius 2 is 1.83 bits per heavy atom. The maximum Gasteiger partial charge on any atom is 0.326 e. The third-order valence-corrected chi connectivity index (χ3v) is 1.80. The van der Waals surface area contributed by atoms with Crippen LogP contribution in [0.3, 0.4) is 0 Å². The van der Waals surface area contributed by atoms with Gasteiger partial charge in [0.25, 0.3) is 0 Å². The Bertz CT molecular complexity index is 450. The summed E-state index contributed by atoms with van der Waals surface area (Å²) >= 11 is 0. The van der Waals surface area contributed by atoms with Crippen LogP contribution in [0, 0.1) is 0 Å². The minimum absolute atomic E-state index is 0.259. The molecule has 0 radical (unpaired) electrons. The summed E-state index contributed by atoms with van der Waals surface area (Å²) in [6.07, 6.45) is 3.15. The number of aliphatic carboxylic acids is 2. The highest BCUT2D eigenvalue weighted by molar-refractivity contribution is 5.93. The van der Waals surface area contributed by atoms with Crippen LogP contribution in [0.1, 0.15) is 6.42 Å². The summed E-state index contributed by atoms with van der Waals surface area (Å²) < 4.78 is 0. The number of hydrogen-bond donors (Lipinski definition) is 4. The number of rotatable bonds is 5. The van der Waals surface area contributed by atoms with Gasteiger partial charge in [-0.05, 0) is 0 Å². The molecule has 1 aromatic heterocycles. The Morgan fingerprint density at radius 3 is 2.33 bits per heavy atom. The van der Waals surface area contributed by atoms with E-state index in [1.807, 2.05) is 5.32 Å². The van der Waals surface area contributed by atoms with Crippen molar-refractivity contribution in [3.8, 4) is 0 Å². The molecule has 0 aliphatic heterocycles. The van der Waals surface area contributed by atoms with E-state index in [4.69, 9.17) is 10.2 Å². The van der Waals surface area contributed by atoms with Crippen LogP contribution in [0.25, 0.3) is 0 Å². The molecular formula is C9H10N4O5. The topological polar surface area (TPSA) is 142 Å². The summed E-state index contributed by atoms with van der Waals surface area (Å²) in [5, 5.41) is 21.5. The first-order valence-electron chi connectivity index (χ1n) is 4.76. The monoisotopic (exact) mass is 254 g/mol. The number of hydrogen-bond acceptors (Lipinski definition) is 5. The van der Waals surface area contributed by atoms with Gasteiger partial charge in [-0.1, -0.05) is 0 Å². The maximum atomic E-state index is 11.4. The zero-order chi connectivity index (χ0) is 13.5. The molecule has 96 valence electrons. The number of anilines is 1. The third kappa shape index (κ3) is 4.43. The molecule has 0 saturated carbocycles. The summed E-state index contributed by atoms with van der Waals surface area (Å²) in [6, 6.07) is -2.36. The van der Waals surface area contributed by atoms with E-state index in [1.165, 1.54) is 18.7 Å². The Labute approximate surface area is 101 Å². The van der Waals surface area contributed by atoms with Crippen LogP contribution in [0.2, 0.25) is 0 Å². The van der Waals surface area contributed by atoms with Gasteiger partial charge in [0.15, 0.2) is 0 Å². The number of carbonyl (C=O) groups excluding carboxylic acids is 1. The highest BCUT2D eigenvalue weighted by atomic mass is 16.4. The van der Waals surface area contributed by atoms with Crippen LogP contribution in [0.4, 0.5) is 10.5 Å². The first-order chi connectivity index (χ1) is 8.49. The van der Waals surface area contributed by atoms with Crippen molar-refractivity contribution in [2.75, 3.05) is 5.32 Å². The molecular weight excluding hydrogens is 244 g/mol. The Kier molecular flexibility index (Phi) is 4.55. The molecule has 0 spiro atoms. The number of urea groups is 1. The minimum atomic E-state index is -1.51. The van der Waals surface area contributed by atoms with Crippen molar-refractivity contribution in [3.63, 3.8) is 0 Å². The van der Waals surface area contributed by atoms with E-state index in [0.29, 0.717) is 0 Å². The Morgan fingerprint density at radius 1 is 1.22 bits per heavy atom. The van der Waals surface area contributed by atoms with E-state index < -0.39 is 30.4 Å². The molecule has 18 heavy (non-hydrogen) atoms. The summed E-state index contributed by atoms with van der Waals surface area (Å²) in [4.78, 5) is 39.7. The largest absolute Gasteiger partial charge is 0.481 e. The zero-order valence-electron chi connectivity index (χ0n) is 9.03. The van der Waals surface area contributed by atoms with Crippen molar-refractivity contribution in [2.24, 2.45) is 0 Å². The molecule has 9 nitrogen and oxygen atoms in total. The SMILES string of the molecule is O=C(O)C[C@H](NC(=O)Nc1cncnc1)C(=O)O. The first-order valence-corrected chi connectivity index (χ1v) is 4.76. The molecule has 0 aliphatic carbocycles. The van der Waals surface area contributed by atoms with Crippen LogP contribution in [-0.4, -0.2) is 44.2 Å². The van der Waals surface area contributed by atoms with E-state index in [0.717, 1.165) is 0 Å². The van der Waals surface area contributed by atoms with Crippen molar-refractivity contribution in [2.45, 2.75) is 12.5 Å². The second kappa shape index (κ2) is 6.13. The molecule has 0 saturated heterocycles. The lowest BCUT2D eigenvalue weighted by molar-refractivity contribution is -0.145. The molecule has 1 rings (SSSR count). The molecule has 0 aliphatic rings. The number of nitrogens with one attached hydrogen (secondary N) is 2. The van der Waals surface area contributed by atoms with Crippen LogP contribution in [-0.2, 0) is 9.59 Å². The molecule has 1 atom stereocenters. The van der Waals surface area contributed by atoms with E-state index in [9.17, 15) is 14.4 Å². The average Bonchev–Trinajstić information content (AvgIpc) is 2.28. The highest BCUT2D eigenvalue weighted by Gasteiger charge is 2.22. The first kappa shape index (κ1) is 13.4. The van der Waals surface area contributed by atoms with Crippen LogP contribution in [0.5, 0.6) is 0 Å². The van der Waals surface area contributed by atoms with Crippen molar-refractivity contribution in [1.29, 1.82) is 0 Å². The van der Waals surface area contributed by atoms with Gasteiger partial charge >= 0.3 is 18.0 Å². The normalized spacial score (nSPS) is 11.3. The molecule has 0 bridgehead atoms. The smallest absolute Gasteiger partial charge is 0.326 e. The van der Waals surface area contributed by atoms with Gasteiger partial charge in [-0.25, -0.2) is 19.6 Å². The van der Waals surface area contributed by atoms with Gasteiger partial charge in [0, 0.05) is 0 Å². The van der Waals surface area contributed by atoms with Gasteiger partial charge < -0.3 is 20.8 Å². The Balaban J connectivity index is 2.56. The fourth-order valence-corrected chi connectivity index (χ4v) is 1.06. The van der Waals surface area contributed by atoms with Gasteiger partial charge in [-0.15, -0.1) is 0 Å². The maximum absolute atomic E-state index is 11.4. The number of aromatic nitrogens is 2. The van der Waals surface area contributed by atoms with Crippen molar-refractivity contribution >= 4 is 23.7 Å². The Hall–Kier alpha value is -2.71. The van der Waals surface area contributed by atoms with E-state index >= 15 is 0 Å². The average molecular weight is 254 g/mol. The van der Waals surface area contributed by atoms with E-state index in [2.05, 4.69) is 15.3 Å². The lowest BCUT2D eigenvalue weighted by atomic mass is 10.2.